The van der Waals surface area contributed by atoms with Crippen molar-refractivity contribution in [1.29, 1.82) is 0 Å². The Labute approximate surface area is 115 Å². The van der Waals surface area contributed by atoms with Crippen molar-refractivity contribution < 1.29 is 4.79 Å². The van der Waals surface area contributed by atoms with Gasteiger partial charge in [-0.25, -0.2) is 5.84 Å². The van der Waals surface area contributed by atoms with Crippen molar-refractivity contribution in [1.82, 2.24) is 5.01 Å². The second-order valence-electron chi connectivity index (χ2n) is 5.52. The average Bonchev–Trinajstić information content (AvgIpc) is 2.43. The smallest absolute Gasteiger partial charge is 0.236 e. The van der Waals surface area contributed by atoms with Gasteiger partial charge in [0, 0.05) is 13.5 Å². The van der Waals surface area contributed by atoms with Crippen molar-refractivity contribution in [3.05, 3.63) is 34.9 Å². The van der Waals surface area contributed by atoms with E-state index in [-0.39, 0.29) is 5.91 Å². The molecule has 1 aromatic rings. The Kier molecular flexibility index (Phi) is 4.97. The van der Waals surface area contributed by atoms with Crippen LogP contribution >= 0.6 is 0 Å². The lowest BCUT2D eigenvalue weighted by Crippen LogP contribution is -2.32. The Morgan fingerprint density at radius 1 is 1.21 bits per heavy atom. The summed E-state index contributed by atoms with van der Waals surface area (Å²) >= 11 is 0. The standard InChI is InChI=1S/C16H24N2O/c1-18(17)16(19)9-5-2-6-13-10-11-14-7-3-4-8-15(14)12-13/h10-12H,2-9,17H2,1H3. The third-order valence-electron chi connectivity index (χ3n) is 3.91. The maximum Gasteiger partial charge on any atom is 0.236 e. The largest absolute Gasteiger partial charge is 0.284 e. The fourth-order valence-corrected chi connectivity index (χ4v) is 2.72. The van der Waals surface area contributed by atoms with Crippen LogP contribution < -0.4 is 5.84 Å². The van der Waals surface area contributed by atoms with Crippen molar-refractivity contribution in [3.8, 4) is 0 Å². The van der Waals surface area contributed by atoms with Gasteiger partial charge in [-0.1, -0.05) is 18.2 Å². The molecule has 3 heteroatoms. The number of carbonyl (C=O) groups is 1. The number of rotatable bonds is 5. The lowest BCUT2D eigenvalue weighted by molar-refractivity contribution is -0.130. The zero-order valence-corrected chi connectivity index (χ0v) is 11.8. The van der Waals surface area contributed by atoms with Crippen LogP contribution in [0, 0.1) is 0 Å². The fraction of sp³-hybridized carbons (Fsp3) is 0.562. The minimum absolute atomic E-state index is 0.0189. The molecule has 0 heterocycles. The van der Waals surface area contributed by atoms with E-state index in [1.54, 1.807) is 12.6 Å². The molecule has 0 bridgehead atoms. The van der Waals surface area contributed by atoms with E-state index in [2.05, 4.69) is 18.2 Å². The van der Waals surface area contributed by atoms with Gasteiger partial charge in [0.15, 0.2) is 0 Å². The molecule has 2 N–H and O–H groups in total. The second-order valence-corrected chi connectivity index (χ2v) is 5.52. The van der Waals surface area contributed by atoms with Crippen LogP contribution in [0.2, 0.25) is 0 Å². The Morgan fingerprint density at radius 3 is 2.68 bits per heavy atom. The quantitative estimate of drug-likeness (QED) is 0.383. The predicted molar refractivity (Wildman–Crippen MR) is 77.6 cm³/mol. The zero-order chi connectivity index (χ0) is 13.7. The number of hydrogen-bond acceptors (Lipinski definition) is 2. The number of hydrogen-bond donors (Lipinski definition) is 1. The molecule has 0 unspecified atom stereocenters. The summed E-state index contributed by atoms with van der Waals surface area (Å²) in [6.45, 7) is 0. The monoisotopic (exact) mass is 260 g/mol. The molecule has 1 aromatic carbocycles. The van der Waals surface area contributed by atoms with Crippen molar-refractivity contribution in [2.45, 2.75) is 51.4 Å². The van der Waals surface area contributed by atoms with Crippen LogP contribution in [0.15, 0.2) is 18.2 Å². The van der Waals surface area contributed by atoms with E-state index in [1.165, 1.54) is 41.8 Å². The minimum Gasteiger partial charge on any atom is -0.284 e. The first-order valence-electron chi connectivity index (χ1n) is 7.29. The fourth-order valence-electron chi connectivity index (χ4n) is 2.72. The van der Waals surface area contributed by atoms with Gasteiger partial charge in [0.25, 0.3) is 0 Å². The highest BCUT2D eigenvalue weighted by molar-refractivity contribution is 5.75. The second kappa shape index (κ2) is 6.71. The molecule has 0 radical (unpaired) electrons. The SMILES string of the molecule is CN(N)C(=O)CCCCc1ccc2c(c1)CCCC2. The van der Waals surface area contributed by atoms with Crippen LogP contribution in [0.5, 0.6) is 0 Å². The molecular formula is C16H24N2O. The molecule has 0 fully saturated rings. The van der Waals surface area contributed by atoms with Crippen molar-refractivity contribution in [2.24, 2.45) is 5.84 Å². The van der Waals surface area contributed by atoms with Crippen LogP contribution in [0.4, 0.5) is 0 Å². The molecule has 1 amide bonds. The van der Waals surface area contributed by atoms with Crippen LogP contribution in [0.3, 0.4) is 0 Å². The van der Waals surface area contributed by atoms with Gasteiger partial charge in [0.2, 0.25) is 5.91 Å². The van der Waals surface area contributed by atoms with E-state index >= 15 is 0 Å². The van der Waals surface area contributed by atoms with E-state index in [9.17, 15) is 4.79 Å². The van der Waals surface area contributed by atoms with E-state index < -0.39 is 0 Å². The number of amides is 1. The van der Waals surface area contributed by atoms with E-state index in [4.69, 9.17) is 5.84 Å². The molecule has 0 spiro atoms. The molecule has 1 aliphatic rings. The molecule has 0 saturated heterocycles. The first-order chi connectivity index (χ1) is 9.16. The van der Waals surface area contributed by atoms with Gasteiger partial charge in [-0.2, -0.15) is 0 Å². The first-order valence-corrected chi connectivity index (χ1v) is 7.29. The average molecular weight is 260 g/mol. The normalized spacial score (nSPS) is 14.0. The lowest BCUT2D eigenvalue weighted by Gasteiger charge is -2.16. The van der Waals surface area contributed by atoms with Crippen LogP contribution in [0.1, 0.15) is 48.8 Å². The highest BCUT2D eigenvalue weighted by Crippen LogP contribution is 2.22. The molecule has 104 valence electrons. The Hall–Kier alpha value is -1.35. The van der Waals surface area contributed by atoms with Gasteiger partial charge < -0.3 is 0 Å². The molecule has 2 rings (SSSR count). The maximum absolute atomic E-state index is 11.3. The molecule has 19 heavy (non-hydrogen) atoms. The summed E-state index contributed by atoms with van der Waals surface area (Å²) in [5, 5.41) is 1.18. The number of unbranched alkanes of at least 4 members (excludes halogenated alkanes) is 1. The summed E-state index contributed by atoms with van der Waals surface area (Å²) in [6.07, 6.45) is 8.73. The van der Waals surface area contributed by atoms with Crippen molar-refractivity contribution in [3.63, 3.8) is 0 Å². The maximum atomic E-state index is 11.3. The lowest BCUT2D eigenvalue weighted by atomic mass is 9.89. The number of benzene rings is 1. The molecular weight excluding hydrogens is 236 g/mol. The summed E-state index contributed by atoms with van der Waals surface area (Å²) in [6, 6.07) is 6.91. The van der Waals surface area contributed by atoms with Gasteiger partial charge in [-0.15, -0.1) is 0 Å². The zero-order valence-electron chi connectivity index (χ0n) is 11.8. The number of hydrazine groups is 1. The van der Waals surface area contributed by atoms with E-state index in [0.717, 1.165) is 19.3 Å². The number of fused-ring (bicyclic) bond motifs is 1. The number of carbonyl (C=O) groups excluding carboxylic acids is 1. The molecule has 0 saturated carbocycles. The van der Waals surface area contributed by atoms with Gasteiger partial charge in [0.05, 0.1) is 0 Å². The van der Waals surface area contributed by atoms with Crippen molar-refractivity contribution in [2.75, 3.05) is 7.05 Å². The molecule has 0 aromatic heterocycles. The highest BCUT2D eigenvalue weighted by atomic mass is 16.2. The molecule has 3 nitrogen and oxygen atoms in total. The van der Waals surface area contributed by atoms with E-state index in [1.807, 2.05) is 0 Å². The summed E-state index contributed by atoms with van der Waals surface area (Å²) in [7, 11) is 1.60. The summed E-state index contributed by atoms with van der Waals surface area (Å²) in [5.41, 5.74) is 4.49. The third-order valence-corrected chi connectivity index (χ3v) is 3.91. The van der Waals surface area contributed by atoms with Crippen LogP contribution in [-0.2, 0) is 24.1 Å². The summed E-state index contributed by atoms with van der Waals surface area (Å²) in [4.78, 5) is 11.3. The Balaban J connectivity index is 1.79. The third kappa shape index (κ3) is 4.06. The van der Waals surface area contributed by atoms with Crippen LogP contribution in [-0.4, -0.2) is 18.0 Å². The topological polar surface area (TPSA) is 46.3 Å². The molecule has 0 aliphatic heterocycles. The van der Waals surface area contributed by atoms with Crippen LogP contribution in [0.25, 0.3) is 0 Å². The molecule has 0 atom stereocenters. The van der Waals surface area contributed by atoms with Gasteiger partial charge >= 0.3 is 0 Å². The van der Waals surface area contributed by atoms with Crippen molar-refractivity contribution >= 4 is 5.91 Å². The number of aryl methyl sites for hydroxylation is 3. The summed E-state index contributed by atoms with van der Waals surface area (Å²) < 4.78 is 0. The van der Waals surface area contributed by atoms with Gasteiger partial charge in [-0.3, -0.25) is 9.80 Å². The predicted octanol–water partition coefficient (Wildman–Crippen LogP) is 2.61. The Bertz CT molecular complexity index is 440. The Morgan fingerprint density at radius 2 is 1.95 bits per heavy atom. The number of nitrogens with zero attached hydrogens (tertiary/aromatic N) is 1. The van der Waals surface area contributed by atoms with Gasteiger partial charge in [0.1, 0.15) is 0 Å². The summed E-state index contributed by atoms with van der Waals surface area (Å²) in [5.74, 6) is 5.41. The minimum atomic E-state index is 0.0189. The highest BCUT2D eigenvalue weighted by Gasteiger charge is 2.09. The first kappa shape index (κ1) is 14.1. The van der Waals surface area contributed by atoms with Gasteiger partial charge in [-0.05, 0) is 61.6 Å². The van der Waals surface area contributed by atoms with E-state index in [0.29, 0.717) is 6.42 Å². The molecule has 1 aliphatic carbocycles. The number of nitrogens with two attached hydrogens (primary N) is 1.